The predicted octanol–water partition coefficient (Wildman–Crippen LogP) is 2.20. The van der Waals surface area contributed by atoms with E-state index in [2.05, 4.69) is 15.0 Å². The highest BCUT2D eigenvalue weighted by molar-refractivity contribution is 7.13. The minimum absolute atomic E-state index is 0.170. The van der Waals surface area contributed by atoms with Crippen LogP contribution in [0.25, 0.3) is 10.8 Å². The van der Waals surface area contributed by atoms with E-state index in [1.807, 2.05) is 18.4 Å². The topological polar surface area (TPSA) is 68.2 Å². The fourth-order valence-corrected chi connectivity index (χ4v) is 3.24. The van der Waals surface area contributed by atoms with Crippen LogP contribution in [-0.2, 0) is 0 Å². The summed E-state index contributed by atoms with van der Waals surface area (Å²) in [7, 11) is 0. The van der Waals surface area contributed by atoms with Gasteiger partial charge < -0.3 is 15.2 Å². The summed E-state index contributed by atoms with van der Waals surface area (Å²) in [6, 6.07) is 1.88. The van der Waals surface area contributed by atoms with Crippen molar-refractivity contribution in [2.75, 3.05) is 19.6 Å². The van der Waals surface area contributed by atoms with E-state index in [9.17, 15) is 0 Å². The van der Waals surface area contributed by atoms with Gasteiger partial charge >= 0.3 is 0 Å². The maximum Gasteiger partial charge on any atom is 0.268 e. The molecule has 1 atom stereocenters. The van der Waals surface area contributed by atoms with Crippen LogP contribution in [0.1, 0.15) is 30.3 Å². The number of hydrogen-bond acceptors (Lipinski definition) is 6. The van der Waals surface area contributed by atoms with Gasteiger partial charge in [0, 0.05) is 6.54 Å². The Morgan fingerprint density at radius 2 is 2.26 bits per heavy atom. The van der Waals surface area contributed by atoms with Crippen LogP contribution in [0.3, 0.4) is 0 Å². The van der Waals surface area contributed by atoms with Gasteiger partial charge in [0.05, 0.1) is 10.9 Å². The lowest BCUT2D eigenvalue weighted by Gasteiger charge is -2.17. The summed E-state index contributed by atoms with van der Waals surface area (Å²) in [4.78, 5) is 7.83. The standard InChI is InChI=1S/C13H18N4OS/c1-9-4-7-19-11(9)13-15-12(16-18-13)10(14)8-17-5-2-3-6-17/h4,7,10H,2-3,5-6,8,14H2,1H3. The first-order valence-corrected chi connectivity index (χ1v) is 7.48. The van der Waals surface area contributed by atoms with Crippen LogP contribution in [0.5, 0.6) is 0 Å². The molecule has 2 aromatic rings. The third kappa shape index (κ3) is 2.70. The molecule has 0 radical (unpaired) electrons. The number of aryl methyl sites for hydroxylation is 1. The Labute approximate surface area is 116 Å². The molecule has 2 N–H and O–H groups in total. The lowest BCUT2D eigenvalue weighted by Crippen LogP contribution is -2.30. The Morgan fingerprint density at radius 3 is 2.95 bits per heavy atom. The van der Waals surface area contributed by atoms with E-state index >= 15 is 0 Å². The Hall–Kier alpha value is -1.24. The summed E-state index contributed by atoms with van der Waals surface area (Å²) in [6.07, 6.45) is 2.53. The highest BCUT2D eigenvalue weighted by atomic mass is 32.1. The van der Waals surface area contributed by atoms with Crippen molar-refractivity contribution in [2.24, 2.45) is 5.73 Å². The number of hydrogen-bond donors (Lipinski definition) is 1. The van der Waals surface area contributed by atoms with Crippen LogP contribution in [0.4, 0.5) is 0 Å². The molecular formula is C13H18N4OS. The first-order chi connectivity index (χ1) is 9.24. The molecule has 1 unspecified atom stereocenters. The second kappa shape index (κ2) is 5.40. The van der Waals surface area contributed by atoms with Gasteiger partial charge in [0.25, 0.3) is 5.89 Å². The van der Waals surface area contributed by atoms with Crippen molar-refractivity contribution in [3.8, 4) is 10.8 Å². The lowest BCUT2D eigenvalue weighted by molar-refractivity contribution is 0.306. The molecule has 102 valence electrons. The van der Waals surface area contributed by atoms with Crippen molar-refractivity contribution < 1.29 is 4.52 Å². The third-order valence-electron chi connectivity index (χ3n) is 3.48. The van der Waals surface area contributed by atoms with Gasteiger partial charge in [0.1, 0.15) is 0 Å². The van der Waals surface area contributed by atoms with E-state index < -0.39 is 0 Å². The molecule has 19 heavy (non-hydrogen) atoms. The molecule has 0 aliphatic carbocycles. The van der Waals surface area contributed by atoms with Crippen LogP contribution < -0.4 is 5.73 Å². The first-order valence-electron chi connectivity index (χ1n) is 6.60. The largest absolute Gasteiger partial charge is 0.333 e. The second-order valence-electron chi connectivity index (χ2n) is 5.00. The number of thiophene rings is 1. The monoisotopic (exact) mass is 278 g/mol. The number of likely N-dealkylation sites (tertiary alicyclic amines) is 1. The van der Waals surface area contributed by atoms with E-state index in [1.54, 1.807) is 11.3 Å². The first kappa shape index (κ1) is 12.8. The van der Waals surface area contributed by atoms with E-state index in [-0.39, 0.29) is 6.04 Å². The molecule has 0 bridgehead atoms. The van der Waals surface area contributed by atoms with E-state index in [4.69, 9.17) is 10.3 Å². The molecule has 0 spiro atoms. The maximum absolute atomic E-state index is 6.16. The van der Waals surface area contributed by atoms with Crippen LogP contribution in [-0.4, -0.2) is 34.7 Å². The molecule has 1 saturated heterocycles. The van der Waals surface area contributed by atoms with Crippen molar-refractivity contribution >= 4 is 11.3 Å². The second-order valence-corrected chi connectivity index (χ2v) is 5.92. The molecule has 1 aliphatic heterocycles. The van der Waals surface area contributed by atoms with Gasteiger partial charge in [-0.2, -0.15) is 4.98 Å². The summed E-state index contributed by atoms with van der Waals surface area (Å²) in [6.45, 7) is 5.10. The molecule has 1 fully saturated rings. The van der Waals surface area contributed by atoms with Gasteiger partial charge in [-0.05, 0) is 49.9 Å². The fraction of sp³-hybridized carbons (Fsp3) is 0.538. The zero-order valence-corrected chi connectivity index (χ0v) is 11.8. The zero-order valence-electron chi connectivity index (χ0n) is 11.0. The van der Waals surface area contributed by atoms with Crippen LogP contribution in [0.2, 0.25) is 0 Å². The lowest BCUT2D eigenvalue weighted by atomic mass is 10.2. The number of nitrogens with two attached hydrogens (primary N) is 1. The average molecular weight is 278 g/mol. The molecule has 0 aromatic carbocycles. The number of rotatable bonds is 4. The highest BCUT2D eigenvalue weighted by Crippen LogP contribution is 2.28. The smallest absolute Gasteiger partial charge is 0.268 e. The Kier molecular flexibility index (Phi) is 3.63. The molecule has 2 aromatic heterocycles. The Bertz CT molecular complexity index is 544. The van der Waals surface area contributed by atoms with E-state index in [1.165, 1.54) is 12.8 Å². The molecule has 3 rings (SSSR count). The summed E-state index contributed by atoms with van der Waals surface area (Å²) in [5.41, 5.74) is 7.32. The van der Waals surface area contributed by atoms with Crippen molar-refractivity contribution in [1.82, 2.24) is 15.0 Å². The van der Waals surface area contributed by atoms with Crippen molar-refractivity contribution in [3.63, 3.8) is 0 Å². The van der Waals surface area contributed by atoms with E-state index in [0.29, 0.717) is 11.7 Å². The Balaban J connectivity index is 1.72. The molecule has 3 heterocycles. The van der Waals surface area contributed by atoms with Crippen LogP contribution in [0.15, 0.2) is 16.0 Å². The van der Waals surface area contributed by atoms with Gasteiger partial charge in [-0.1, -0.05) is 5.16 Å². The third-order valence-corrected chi connectivity index (χ3v) is 4.49. The van der Waals surface area contributed by atoms with Gasteiger partial charge in [-0.15, -0.1) is 11.3 Å². The van der Waals surface area contributed by atoms with Gasteiger partial charge in [0.2, 0.25) is 0 Å². The van der Waals surface area contributed by atoms with Crippen LogP contribution >= 0.6 is 11.3 Å². The molecule has 6 heteroatoms. The molecule has 0 saturated carbocycles. The molecular weight excluding hydrogens is 260 g/mol. The molecule has 0 amide bonds. The van der Waals surface area contributed by atoms with Crippen molar-refractivity contribution in [2.45, 2.75) is 25.8 Å². The predicted molar refractivity (Wildman–Crippen MR) is 75.0 cm³/mol. The molecule has 1 aliphatic rings. The summed E-state index contributed by atoms with van der Waals surface area (Å²) in [5.74, 6) is 1.19. The minimum atomic E-state index is -0.170. The highest BCUT2D eigenvalue weighted by Gasteiger charge is 2.21. The Morgan fingerprint density at radius 1 is 1.47 bits per heavy atom. The van der Waals surface area contributed by atoms with Gasteiger partial charge in [0.15, 0.2) is 5.82 Å². The quantitative estimate of drug-likeness (QED) is 0.928. The summed E-state index contributed by atoms with van der Waals surface area (Å²) >= 11 is 1.61. The number of aromatic nitrogens is 2. The SMILES string of the molecule is Cc1ccsc1-c1nc(C(N)CN2CCCC2)no1. The maximum atomic E-state index is 6.16. The zero-order chi connectivity index (χ0) is 13.2. The van der Waals surface area contributed by atoms with Crippen molar-refractivity contribution in [1.29, 1.82) is 0 Å². The van der Waals surface area contributed by atoms with E-state index in [0.717, 1.165) is 30.1 Å². The summed E-state index contributed by atoms with van der Waals surface area (Å²) in [5, 5.41) is 6.05. The summed E-state index contributed by atoms with van der Waals surface area (Å²) < 4.78 is 5.33. The van der Waals surface area contributed by atoms with Crippen molar-refractivity contribution in [3.05, 3.63) is 22.8 Å². The van der Waals surface area contributed by atoms with Gasteiger partial charge in [-0.25, -0.2) is 0 Å². The normalized spacial score (nSPS) is 18.0. The molecule has 5 nitrogen and oxygen atoms in total. The van der Waals surface area contributed by atoms with Gasteiger partial charge in [-0.3, -0.25) is 0 Å². The minimum Gasteiger partial charge on any atom is -0.333 e. The van der Waals surface area contributed by atoms with Crippen LogP contribution in [0, 0.1) is 6.92 Å². The fourth-order valence-electron chi connectivity index (χ4n) is 2.39. The average Bonchev–Trinajstić information content (AvgIpc) is 3.08. The number of nitrogens with zero attached hydrogens (tertiary/aromatic N) is 3.